The number of ether oxygens (including phenoxy) is 1. The minimum Gasteiger partial charge on any atom is -0.490 e. The minimum atomic E-state index is -2.43. The number of nitro groups is 1. The quantitative estimate of drug-likeness (QED) is 0.462. The zero-order valence-electron chi connectivity index (χ0n) is 10.2. The van der Waals surface area contributed by atoms with Crippen LogP contribution in [0.3, 0.4) is 0 Å². The average Bonchev–Trinajstić information content (AvgIpc) is 2.36. The molecule has 1 aromatic carbocycles. The van der Waals surface area contributed by atoms with Crippen LogP contribution in [0, 0.1) is 10.1 Å². The van der Waals surface area contributed by atoms with E-state index in [1.165, 1.54) is 19.2 Å². The first kappa shape index (κ1) is 13.7. The Morgan fingerprint density at radius 3 is 2.35 bits per heavy atom. The fourth-order valence-corrected chi connectivity index (χ4v) is 3.54. The summed E-state index contributed by atoms with van der Waals surface area (Å²) in [5.74, 6) is 0.162. The van der Waals surface area contributed by atoms with Crippen molar-refractivity contribution in [2.24, 2.45) is 0 Å². The van der Waals surface area contributed by atoms with Gasteiger partial charge in [0.25, 0.3) is 0 Å². The molecule has 0 unspecified atom stereocenters. The summed E-state index contributed by atoms with van der Waals surface area (Å²) >= 11 is 0. The van der Waals surface area contributed by atoms with Crippen molar-refractivity contribution in [2.45, 2.75) is 13.8 Å². The second-order valence-corrected chi connectivity index (χ2v) is 7.19. The molecule has 17 heavy (non-hydrogen) atoms. The lowest BCUT2D eigenvalue weighted by Crippen LogP contribution is -2.10. The third-order valence-corrected chi connectivity index (χ3v) is 6.11. The van der Waals surface area contributed by atoms with Crippen molar-refractivity contribution in [1.29, 1.82) is 0 Å². The molecule has 0 saturated heterocycles. The predicted octanol–water partition coefficient (Wildman–Crippen LogP) is 2.63. The number of hydrogen-bond acceptors (Lipinski definition) is 4. The fourth-order valence-electron chi connectivity index (χ4n) is 1.66. The summed E-state index contributed by atoms with van der Waals surface area (Å²) in [4.78, 5) is 10.2. The van der Waals surface area contributed by atoms with Crippen molar-refractivity contribution in [2.75, 3.05) is 19.4 Å². The van der Waals surface area contributed by atoms with Crippen LogP contribution in [-0.2, 0) is 4.57 Å². The van der Waals surface area contributed by atoms with E-state index in [-0.39, 0.29) is 11.4 Å². The zero-order valence-corrected chi connectivity index (χ0v) is 11.1. The maximum Gasteiger partial charge on any atom is 0.310 e. The normalized spacial score (nSPS) is 11.2. The molecular weight excluding hydrogens is 241 g/mol. The Kier molecular flexibility index (Phi) is 4.29. The summed E-state index contributed by atoms with van der Waals surface area (Å²) in [6, 6.07) is 4.44. The first-order valence-electron chi connectivity index (χ1n) is 5.39. The van der Waals surface area contributed by atoms with Crippen LogP contribution in [0.15, 0.2) is 18.2 Å². The highest BCUT2D eigenvalue weighted by molar-refractivity contribution is 7.71. The van der Waals surface area contributed by atoms with Crippen molar-refractivity contribution >= 4 is 18.1 Å². The van der Waals surface area contributed by atoms with Crippen LogP contribution in [0.2, 0.25) is 0 Å². The lowest BCUT2D eigenvalue weighted by Gasteiger charge is -2.15. The largest absolute Gasteiger partial charge is 0.490 e. The Hall–Kier alpha value is -1.35. The second kappa shape index (κ2) is 5.32. The molecule has 5 nitrogen and oxygen atoms in total. The van der Waals surface area contributed by atoms with E-state index in [4.69, 9.17) is 4.74 Å². The van der Waals surface area contributed by atoms with E-state index in [1.54, 1.807) is 6.07 Å². The van der Waals surface area contributed by atoms with Gasteiger partial charge in [0.15, 0.2) is 5.75 Å². The van der Waals surface area contributed by atoms with Crippen molar-refractivity contribution in [1.82, 2.24) is 0 Å². The first-order chi connectivity index (χ1) is 7.98. The summed E-state index contributed by atoms with van der Waals surface area (Å²) in [5, 5.41) is 11.4. The number of hydrogen-bond donors (Lipinski definition) is 0. The van der Waals surface area contributed by atoms with Crippen LogP contribution in [0.4, 0.5) is 5.69 Å². The highest BCUT2D eigenvalue weighted by Crippen LogP contribution is 2.44. The summed E-state index contributed by atoms with van der Waals surface area (Å²) in [6.07, 6.45) is 1.09. The van der Waals surface area contributed by atoms with E-state index >= 15 is 0 Å². The molecule has 94 valence electrons. The number of methoxy groups -OCH3 is 1. The maximum atomic E-state index is 12.5. The Labute approximate surface area is 100 Å². The molecule has 0 fully saturated rings. The molecule has 0 spiro atoms. The molecule has 0 bridgehead atoms. The van der Waals surface area contributed by atoms with E-state index < -0.39 is 12.1 Å². The number of nitro benzene ring substituents is 1. The zero-order chi connectivity index (χ0) is 13.1. The van der Waals surface area contributed by atoms with E-state index in [9.17, 15) is 14.7 Å². The Balaban J connectivity index is 3.31. The van der Waals surface area contributed by atoms with Crippen molar-refractivity contribution < 1.29 is 14.2 Å². The van der Waals surface area contributed by atoms with Gasteiger partial charge in [0.1, 0.15) is 7.14 Å². The van der Waals surface area contributed by atoms with Gasteiger partial charge < -0.3 is 9.30 Å². The third kappa shape index (κ3) is 2.67. The molecular formula is C11H16NO4P. The Morgan fingerprint density at radius 1 is 1.35 bits per heavy atom. The van der Waals surface area contributed by atoms with Gasteiger partial charge in [-0.25, -0.2) is 0 Å². The molecule has 1 aromatic rings. The van der Waals surface area contributed by atoms with E-state index in [0.717, 1.165) is 0 Å². The molecule has 0 N–H and O–H groups in total. The molecule has 0 aliphatic heterocycles. The smallest absolute Gasteiger partial charge is 0.310 e. The minimum absolute atomic E-state index is 0.102. The van der Waals surface area contributed by atoms with Gasteiger partial charge in [-0.3, -0.25) is 10.1 Å². The van der Waals surface area contributed by atoms with E-state index in [2.05, 4.69) is 0 Å². The molecule has 6 heteroatoms. The van der Waals surface area contributed by atoms with Gasteiger partial charge in [0.2, 0.25) is 0 Å². The second-order valence-electron chi connectivity index (χ2n) is 3.64. The summed E-state index contributed by atoms with van der Waals surface area (Å²) in [7, 11) is -1.06. The topological polar surface area (TPSA) is 69.4 Å². The SMILES string of the molecule is CCP(=O)(CC)c1ccc([N+](=O)[O-])c(OC)c1. The van der Waals surface area contributed by atoms with Gasteiger partial charge in [-0.2, -0.15) is 0 Å². The maximum absolute atomic E-state index is 12.5. The molecule has 0 saturated carbocycles. The summed E-state index contributed by atoms with van der Waals surface area (Å²) in [6.45, 7) is 3.72. The van der Waals surface area contributed by atoms with Gasteiger partial charge in [-0.1, -0.05) is 13.8 Å². The third-order valence-electron chi connectivity index (χ3n) is 2.85. The Bertz CT molecular complexity index is 465. The van der Waals surface area contributed by atoms with Crippen LogP contribution in [0.5, 0.6) is 5.75 Å². The van der Waals surface area contributed by atoms with Crippen LogP contribution < -0.4 is 10.0 Å². The molecule has 0 radical (unpaired) electrons. The molecule has 0 aliphatic rings. The van der Waals surface area contributed by atoms with Gasteiger partial charge in [0.05, 0.1) is 12.0 Å². The van der Waals surface area contributed by atoms with Crippen molar-refractivity contribution in [3.05, 3.63) is 28.3 Å². The van der Waals surface area contributed by atoms with E-state index in [0.29, 0.717) is 17.6 Å². The predicted molar refractivity (Wildman–Crippen MR) is 68.0 cm³/mol. The van der Waals surface area contributed by atoms with Gasteiger partial charge in [-0.15, -0.1) is 0 Å². The number of benzene rings is 1. The van der Waals surface area contributed by atoms with Gasteiger partial charge in [-0.05, 0) is 12.1 Å². The van der Waals surface area contributed by atoms with Crippen molar-refractivity contribution in [3.63, 3.8) is 0 Å². The highest BCUT2D eigenvalue weighted by Gasteiger charge is 2.24. The average molecular weight is 257 g/mol. The monoisotopic (exact) mass is 257 g/mol. The van der Waals surface area contributed by atoms with Crippen LogP contribution >= 0.6 is 7.14 Å². The highest BCUT2D eigenvalue weighted by atomic mass is 31.2. The lowest BCUT2D eigenvalue weighted by molar-refractivity contribution is -0.385. The van der Waals surface area contributed by atoms with Gasteiger partial charge in [0, 0.05) is 23.7 Å². The molecule has 0 aromatic heterocycles. The Morgan fingerprint density at radius 2 is 1.94 bits per heavy atom. The van der Waals surface area contributed by atoms with Crippen LogP contribution in [0.25, 0.3) is 0 Å². The molecule has 0 heterocycles. The number of rotatable bonds is 5. The molecule has 0 aliphatic carbocycles. The summed E-state index contributed by atoms with van der Waals surface area (Å²) in [5.41, 5.74) is -0.102. The van der Waals surface area contributed by atoms with Crippen LogP contribution in [-0.4, -0.2) is 24.4 Å². The molecule has 0 amide bonds. The standard InChI is InChI=1S/C11H16NO4P/c1-4-17(15,5-2)9-6-7-10(12(13)14)11(8-9)16-3/h6-8H,4-5H2,1-3H3. The van der Waals surface area contributed by atoms with E-state index in [1.807, 2.05) is 13.8 Å². The first-order valence-corrected chi connectivity index (χ1v) is 7.47. The number of nitrogens with zero attached hydrogens (tertiary/aromatic N) is 1. The fraction of sp³-hybridized carbons (Fsp3) is 0.455. The lowest BCUT2D eigenvalue weighted by atomic mass is 10.3. The van der Waals surface area contributed by atoms with Crippen LogP contribution in [0.1, 0.15) is 13.8 Å². The molecule has 1 rings (SSSR count). The van der Waals surface area contributed by atoms with Gasteiger partial charge >= 0.3 is 5.69 Å². The van der Waals surface area contributed by atoms with Crippen molar-refractivity contribution in [3.8, 4) is 5.75 Å². The molecule has 0 atom stereocenters. The summed E-state index contributed by atoms with van der Waals surface area (Å²) < 4.78 is 17.4.